The van der Waals surface area contributed by atoms with Crippen molar-refractivity contribution < 1.29 is 4.74 Å². The minimum absolute atomic E-state index is 0. The highest BCUT2D eigenvalue weighted by atomic mass is 35.5. The molecular formula is C11H20Cl3N3O. The number of benzene rings is 1. The molecule has 0 aromatic heterocycles. The van der Waals surface area contributed by atoms with Crippen LogP contribution in [0.1, 0.15) is 5.56 Å². The van der Waals surface area contributed by atoms with Crippen LogP contribution in [0, 0.1) is 0 Å². The van der Waals surface area contributed by atoms with E-state index in [1.54, 1.807) is 0 Å². The zero-order chi connectivity index (χ0) is 10.5. The summed E-state index contributed by atoms with van der Waals surface area (Å²) >= 11 is 0. The summed E-state index contributed by atoms with van der Waals surface area (Å²) in [5, 5.41) is 0. The highest BCUT2D eigenvalue weighted by Crippen LogP contribution is 2.12. The maximum atomic E-state index is 5.37. The van der Waals surface area contributed by atoms with Gasteiger partial charge in [0, 0.05) is 25.3 Å². The quantitative estimate of drug-likeness (QED) is 0.662. The smallest absolute Gasteiger partial charge is 0.0594 e. The van der Waals surface area contributed by atoms with Crippen molar-refractivity contribution in [3.05, 3.63) is 29.8 Å². The average molecular weight is 317 g/mol. The Bertz CT molecular complexity index is 322. The van der Waals surface area contributed by atoms with E-state index in [-0.39, 0.29) is 37.2 Å². The molecule has 1 aliphatic heterocycles. The normalized spacial score (nSPS) is 14.7. The third-order valence-corrected chi connectivity index (χ3v) is 2.60. The molecule has 3 N–H and O–H groups in total. The molecule has 2 rings (SSSR count). The van der Waals surface area contributed by atoms with E-state index in [1.165, 1.54) is 5.56 Å². The van der Waals surface area contributed by atoms with Crippen LogP contribution < -0.4 is 11.3 Å². The summed E-state index contributed by atoms with van der Waals surface area (Å²) in [6.45, 7) is 4.68. The van der Waals surface area contributed by atoms with Gasteiger partial charge >= 0.3 is 0 Å². The maximum absolute atomic E-state index is 5.37. The highest BCUT2D eigenvalue weighted by Gasteiger charge is 2.10. The molecule has 0 bridgehead atoms. The predicted molar refractivity (Wildman–Crippen MR) is 82.1 cm³/mol. The highest BCUT2D eigenvalue weighted by molar-refractivity contribution is 5.86. The Labute approximate surface area is 126 Å². The Morgan fingerprint density at radius 1 is 1.17 bits per heavy atom. The van der Waals surface area contributed by atoms with E-state index in [0.717, 1.165) is 38.5 Å². The lowest BCUT2D eigenvalue weighted by molar-refractivity contribution is 0.0342. The topological polar surface area (TPSA) is 50.5 Å². The van der Waals surface area contributed by atoms with E-state index in [1.807, 2.05) is 12.1 Å². The molecule has 1 aliphatic rings. The van der Waals surface area contributed by atoms with Gasteiger partial charge < -0.3 is 10.2 Å². The summed E-state index contributed by atoms with van der Waals surface area (Å²) in [5.74, 6) is 5.37. The first-order valence-corrected chi connectivity index (χ1v) is 5.24. The van der Waals surface area contributed by atoms with Crippen molar-refractivity contribution in [1.82, 2.24) is 4.90 Å². The second-order valence-corrected chi connectivity index (χ2v) is 3.73. The first kappa shape index (κ1) is 20.1. The maximum Gasteiger partial charge on any atom is 0.0594 e. The van der Waals surface area contributed by atoms with Gasteiger partial charge in [0.1, 0.15) is 0 Å². The van der Waals surface area contributed by atoms with E-state index in [4.69, 9.17) is 10.6 Å². The molecule has 0 atom stereocenters. The molecule has 0 spiro atoms. The monoisotopic (exact) mass is 315 g/mol. The summed E-state index contributed by atoms with van der Waals surface area (Å²) in [4.78, 5) is 2.39. The fourth-order valence-electron chi connectivity index (χ4n) is 1.78. The fourth-order valence-corrected chi connectivity index (χ4v) is 1.78. The summed E-state index contributed by atoms with van der Waals surface area (Å²) in [6, 6.07) is 8.18. The van der Waals surface area contributed by atoms with Gasteiger partial charge in [0.15, 0.2) is 0 Å². The number of ether oxygens (including phenoxy) is 1. The third kappa shape index (κ3) is 6.09. The number of rotatable bonds is 3. The van der Waals surface area contributed by atoms with Crippen LogP contribution >= 0.6 is 37.2 Å². The zero-order valence-corrected chi connectivity index (χ0v) is 12.5. The van der Waals surface area contributed by atoms with Crippen LogP contribution in [-0.2, 0) is 11.3 Å². The molecular weight excluding hydrogens is 297 g/mol. The number of morpholine rings is 1. The van der Waals surface area contributed by atoms with Crippen LogP contribution in [0.15, 0.2) is 24.3 Å². The van der Waals surface area contributed by atoms with E-state index < -0.39 is 0 Å². The van der Waals surface area contributed by atoms with Gasteiger partial charge in [-0.2, -0.15) is 0 Å². The van der Waals surface area contributed by atoms with E-state index in [0.29, 0.717) is 0 Å². The molecule has 0 saturated carbocycles. The molecule has 0 amide bonds. The molecule has 18 heavy (non-hydrogen) atoms. The molecule has 1 saturated heterocycles. The van der Waals surface area contributed by atoms with Crippen molar-refractivity contribution in [1.29, 1.82) is 0 Å². The van der Waals surface area contributed by atoms with Gasteiger partial charge in [0.05, 0.1) is 13.2 Å². The molecule has 4 nitrogen and oxygen atoms in total. The fraction of sp³-hybridized carbons (Fsp3) is 0.455. The standard InChI is InChI=1S/C11H17N3O.3ClH/c12-13-11-3-1-2-10(8-11)9-14-4-6-15-7-5-14;;;/h1-3,8,13H,4-7,9,12H2;3*1H. The van der Waals surface area contributed by atoms with Crippen LogP contribution in [-0.4, -0.2) is 31.2 Å². The Morgan fingerprint density at radius 3 is 2.44 bits per heavy atom. The molecule has 1 aromatic carbocycles. The number of hydrazine groups is 1. The Hall–Kier alpha value is -0.230. The van der Waals surface area contributed by atoms with Crippen LogP contribution in [0.4, 0.5) is 5.69 Å². The minimum atomic E-state index is 0. The van der Waals surface area contributed by atoms with Crippen LogP contribution in [0.25, 0.3) is 0 Å². The molecule has 0 unspecified atom stereocenters. The first-order valence-electron chi connectivity index (χ1n) is 5.24. The lowest BCUT2D eigenvalue weighted by Gasteiger charge is -2.26. The summed E-state index contributed by atoms with van der Waals surface area (Å²) < 4.78 is 5.31. The number of nitrogen functional groups attached to an aromatic ring is 1. The van der Waals surface area contributed by atoms with Crippen molar-refractivity contribution in [3.8, 4) is 0 Å². The van der Waals surface area contributed by atoms with Gasteiger partial charge in [-0.1, -0.05) is 12.1 Å². The molecule has 1 fully saturated rings. The molecule has 0 radical (unpaired) electrons. The summed E-state index contributed by atoms with van der Waals surface area (Å²) in [7, 11) is 0. The van der Waals surface area contributed by atoms with Crippen LogP contribution in [0.2, 0.25) is 0 Å². The number of nitrogens with one attached hydrogen (secondary N) is 1. The van der Waals surface area contributed by atoms with Gasteiger partial charge in [0.2, 0.25) is 0 Å². The lowest BCUT2D eigenvalue weighted by atomic mass is 10.2. The summed E-state index contributed by atoms with van der Waals surface area (Å²) in [5.41, 5.74) is 4.91. The number of anilines is 1. The van der Waals surface area contributed by atoms with Crippen molar-refractivity contribution >= 4 is 42.9 Å². The van der Waals surface area contributed by atoms with Crippen molar-refractivity contribution in [2.75, 3.05) is 31.7 Å². The van der Waals surface area contributed by atoms with Crippen molar-refractivity contribution in [2.45, 2.75) is 6.54 Å². The molecule has 1 heterocycles. The van der Waals surface area contributed by atoms with Crippen LogP contribution in [0.5, 0.6) is 0 Å². The molecule has 7 heteroatoms. The van der Waals surface area contributed by atoms with Gasteiger partial charge in [-0.25, -0.2) is 0 Å². The number of halogens is 3. The van der Waals surface area contributed by atoms with E-state index in [2.05, 4.69) is 22.5 Å². The van der Waals surface area contributed by atoms with E-state index in [9.17, 15) is 0 Å². The van der Waals surface area contributed by atoms with Gasteiger partial charge in [-0.05, 0) is 17.7 Å². The number of hydrogen-bond acceptors (Lipinski definition) is 4. The third-order valence-electron chi connectivity index (χ3n) is 2.60. The average Bonchev–Trinajstić information content (AvgIpc) is 2.31. The number of nitrogens with zero attached hydrogens (tertiary/aromatic N) is 1. The SMILES string of the molecule is Cl.Cl.Cl.NNc1cccc(CN2CCOCC2)c1. The first-order chi connectivity index (χ1) is 7.38. The second-order valence-electron chi connectivity index (χ2n) is 3.73. The summed E-state index contributed by atoms with van der Waals surface area (Å²) in [6.07, 6.45) is 0. The van der Waals surface area contributed by atoms with E-state index >= 15 is 0 Å². The number of hydrogen-bond donors (Lipinski definition) is 2. The Balaban J connectivity index is 0. The minimum Gasteiger partial charge on any atom is -0.379 e. The molecule has 106 valence electrons. The number of nitrogens with two attached hydrogens (primary N) is 1. The largest absolute Gasteiger partial charge is 0.379 e. The van der Waals surface area contributed by atoms with Crippen LogP contribution in [0.3, 0.4) is 0 Å². The van der Waals surface area contributed by atoms with Crippen molar-refractivity contribution in [2.24, 2.45) is 5.84 Å². The lowest BCUT2D eigenvalue weighted by Crippen LogP contribution is -2.35. The Kier molecular flexibility index (Phi) is 11.9. The van der Waals surface area contributed by atoms with Gasteiger partial charge in [-0.15, -0.1) is 37.2 Å². The Morgan fingerprint density at radius 2 is 1.83 bits per heavy atom. The molecule has 1 aromatic rings. The predicted octanol–water partition coefficient (Wildman–Crippen LogP) is 2.07. The van der Waals surface area contributed by atoms with Gasteiger partial charge in [-0.3, -0.25) is 10.7 Å². The van der Waals surface area contributed by atoms with Gasteiger partial charge in [0.25, 0.3) is 0 Å². The zero-order valence-electron chi connectivity index (χ0n) is 10.0. The second kappa shape index (κ2) is 10.7. The molecule has 0 aliphatic carbocycles. The van der Waals surface area contributed by atoms with Crippen molar-refractivity contribution in [3.63, 3.8) is 0 Å².